The minimum absolute atomic E-state index is 0.0201. The van der Waals surface area contributed by atoms with E-state index in [2.05, 4.69) is 5.32 Å². The van der Waals surface area contributed by atoms with Gasteiger partial charge < -0.3 is 5.32 Å². The third-order valence-corrected chi connectivity index (χ3v) is 4.31. The van der Waals surface area contributed by atoms with Crippen molar-refractivity contribution in [1.82, 2.24) is 5.32 Å². The lowest BCUT2D eigenvalue weighted by Gasteiger charge is -2.16. The largest absolute Gasteiger partial charge is 0.353 e. The first-order valence-corrected chi connectivity index (χ1v) is 8.03. The lowest BCUT2D eigenvalue weighted by molar-refractivity contribution is -0.120. The van der Waals surface area contributed by atoms with Crippen LogP contribution in [0.1, 0.15) is 18.4 Å². The molecule has 1 saturated carbocycles. The molecule has 1 fully saturated rings. The van der Waals surface area contributed by atoms with Crippen molar-refractivity contribution in [3.05, 3.63) is 29.8 Å². The maximum atomic E-state index is 11.6. The van der Waals surface area contributed by atoms with E-state index in [-0.39, 0.29) is 5.91 Å². The number of amides is 1. The first-order chi connectivity index (χ1) is 8.86. The van der Waals surface area contributed by atoms with E-state index in [9.17, 15) is 13.2 Å². The summed E-state index contributed by atoms with van der Waals surface area (Å²) in [5.41, 5.74) is 1.47. The summed E-state index contributed by atoms with van der Waals surface area (Å²) in [4.78, 5) is 11.6. The minimum Gasteiger partial charge on any atom is -0.353 e. The molecular weight excluding hydrogens is 264 g/mol. The van der Waals surface area contributed by atoms with Crippen LogP contribution in [-0.4, -0.2) is 33.7 Å². The predicted octanol–water partition coefficient (Wildman–Crippen LogP) is 0.903. The molecule has 6 heteroatoms. The average Bonchev–Trinajstić information content (AvgIpc) is 3.11. The molecule has 19 heavy (non-hydrogen) atoms. The Labute approximate surface area is 113 Å². The number of anilines is 1. The van der Waals surface area contributed by atoms with Crippen LogP contribution in [0.4, 0.5) is 5.69 Å². The molecule has 2 rings (SSSR count). The first-order valence-electron chi connectivity index (χ1n) is 6.18. The van der Waals surface area contributed by atoms with Crippen LogP contribution in [-0.2, 0) is 21.2 Å². The van der Waals surface area contributed by atoms with Crippen molar-refractivity contribution in [2.24, 2.45) is 0 Å². The molecule has 1 amide bonds. The summed E-state index contributed by atoms with van der Waals surface area (Å²) in [6.07, 6.45) is 3.64. The van der Waals surface area contributed by atoms with E-state index in [1.54, 1.807) is 24.3 Å². The van der Waals surface area contributed by atoms with Crippen LogP contribution >= 0.6 is 0 Å². The van der Waals surface area contributed by atoms with Gasteiger partial charge >= 0.3 is 0 Å². The van der Waals surface area contributed by atoms with Crippen molar-refractivity contribution >= 4 is 21.6 Å². The topological polar surface area (TPSA) is 66.5 Å². The molecule has 0 saturated heterocycles. The van der Waals surface area contributed by atoms with Gasteiger partial charge in [0.25, 0.3) is 0 Å². The van der Waals surface area contributed by atoms with Crippen molar-refractivity contribution in [1.29, 1.82) is 0 Å². The Morgan fingerprint density at radius 3 is 2.37 bits per heavy atom. The number of nitrogens with zero attached hydrogens (tertiary/aromatic N) is 1. The van der Waals surface area contributed by atoms with Gasteiger partial charge in [-0.15, -0.1) is 0 Å². The van der Waals surface area contributed by atoms with Crippen molar-refractivity contribution in [2.45, 2.75) is 25.3 Å². The third-order valence-electron chi connectivity index (χ3n) is 3.10. The van der Waals surface area contributed by atoms with Crippen molar-refractivity contribution in [3.63, 3.8) is 0 Å². The summed E-state index contributed by atoms with van der Waals surface area (Å²) in [6.45, 7) is 0. The first kappa shape index (κ1) is 13.9. The third kappa shape index (κ3) is 3.96. The molecule has 1 aromatic carbocycles. The molecule has 0 heterocycles. The highest BCUT2D eigenvalue weighted by Gasteiger charge is 2.23. The normalized spacial score (nSPS) is 15.1. The zero-order valence-corrected chi connectivity index (χ0v) is 11.9. The maximum absolute atomic E-state index is 11.6. The number of carbonyl (C=O) groups excluding carboxylic acids is 1. The summed E-state index contributed by atoms with van der Waals surface area (Å²) in [6, 6.07) is 7.34. The molecule has 1 aliphatic rings. The number of carbonyl (C=O) groups is 1. The zero-order valence-electron chi connectivity index (χ0n) is 11.1. The van der Waals surface area contributed by atoms with Gasteiger partial charge in [0, 0.05) is 13.1 Å². The number of hydrogen-bond acceptors (Lipinski definition) is 3. The lowest BCUT2D eigenvalue weighted by Crippen LogP contribution is -2.27. The van der Waals surface area contributed by atoms with E-state index in [1.807, 2.05) is 0 Å². The Morgan fingerprint density at radius 1 is 1.32 bits per heavy atom. The molecule has 0 atom stereocenters. The standard InChI is InChI=1S/C13H18N2O3S/c1-15(19(2,17)18)12-7-3-10(4-8-12)9-13(16)14-11-5-6-11/h3-4,7-8,11H,5-6,9H2,1-2H3,(H,14,16). The van der Waals surface area contributed by atoms with E-state index in [0.29, 0.717) is 18.2 Å². The Morgan fingerprint density at radius 2 is 1.89 bits per heavy atom. The Bertz CT molecular complexity index is 562. The van der Waals surface area contributed by atoms with Crippen molar-refractivity contribution < 1.29 is 13.2 Å². The van der Waals surface area contributed by atoms with Crippen LogP contribution in [0, 0.1) is 0 Å². The highest BCUT2D eigenvalue weighted by atomic mass is 32.2. The highest BCUT2D eigenvalue weighted by Crippen LogP contribution is 2.19. The molecule has 0 unspecified atom stereocenters. The molecule has 5 nitrogen and oxygen atoms in total. The summed E-state index contributed by atoms with van der Waals surface area (Å²) >= 11 is 0. The predicted molar refractivity (Wildman–Crippen MR) is 74.6 cm³/mol. The fraction of sp³-hybridized carbons (Fsp3) is 0.462. The maximum Gasteiger partial charge on any atom is 0.231 e. The molecule has 104 valence electrons. The summed E-state index contributed by atoms with van der Waals surface area (Å²) in [5, 5.41) is 2.92. The second-order valence-corrected chi connectivity index (χ2v) is 6.93. The molecular formula is C13H18N2O3S. The van der Waals surface area contributed by atoms with Gasteiger partial charge in [0.2, 0.25) is 15.9 Å². The van der Waals surface area contributed by atoms with Gasteiger partial charge in [-0.3, -0.25) is 9.10 Å². The fourth-order valence-electron chi connectivity index (χ4n) is 1.71. The molecule has 0 aliphatic heterocycles. The molecule has 0 spiro atoms. The molecule has 0 aromatic heterocycles. The average molecular weight is 282 g/mol. The summed E-state index contributed by atoms with van der Waals surface area (Å²) < 4.78 is 24.0. The quantitative estimate of drug-likeness (QED) is 0.872. The fourth-order valence-corrected chi connectivity index (χ4v) is 2.21. The number of hydrogen-bond donors (Lipinski definition) is 1. The summed E-state index contributed by atoms with van der Waals surface area (Å²) in [7, 11) is -1.74. The van der Waals surface area contributed by atoms with Gasteiger partial charge in [-0.1, -0.05) is 12.1 Å². The van der Waals surface area contributed by atoms with E-state index in [1.165, 1.54) is 11.4 Å². The molecule has 1 aromatic rings. The van der Waals surface area contributed by atoms with Crippen LogP contribution in [0.25, 0.3) is 0 Å². The van der Waals surface area contributed by atoms with Crippen LogP contribution in [0.15, 0.2) is 24.3 Å². The van der Waals surface area contributed by atoms with Gasteiger partial charge in [0.1, 0.15) is 0 Å². The number of nitrogens with one attached hydrogen (secondary N) is 1. The zero-order chi connectivity index (χ0) is 14.0. The number of sulfonamides is 1. The smallest absolute Gasteiger partial charge is 0.231 e. The van der Waals surface area contributed by atoms with E-state index in [0.717, 1.165) is 24.7 Å². The van der Waals surface area contributed by atoms with Crippen LogP contribution < -0.4 is 9.62 Å². The molecule has 1 N–H and O–H groups in total. The second-order valence-electron chi connectivity index (χ2n) is 4.92. The monoisotopic (exact) mass is 282 g/mol. The lowest BCUT2D eigenvalue weighted by atomic mass is 10.1. The SMILES string of the molecule is CN(c1ccc(CC(=O)NC2CC2)cc1)S(C)(=O)=O. The Balaban J connectivity index is 1.99. The summed E-state index contributed by atoms with van der Waals surface area (Å²) in [5.74, 6) is 0.0201. The van der Waals surface area contributed by atoms with Crippen LogP contribution in [0.3, 0.4) is 0 Å². The molecule has 0 bridgehead atoms. The van der Waals surface area contributed by atoms with E-state index >= 15 is 0 Å². The minimum atomic E-state index is -3.25. The van der Waals surface area contributed by atoms with Crippen LogP contribution in [0.2, 0.25) is 0 Å². The Kier molecular flexibility index (Phi) is 3.80. The Hall–Kier alpha value is -1.56. The van der Waals surface area contributed by atoms with Gasteiger partial charge in [-0.25, -0.2) is 8.42 Å². The van der Waals surface area contributed by atoms with Crippen LogP contribution in [0.5, 0.6) is 0 Å². The highest BCUT2D eigenvalue weighted by molar-refractivity contribution is 7.92. The van der Waals surface area contributed by atoms with E-state index < -0.39 is 10.0 Å². The number of benzene rings is 1. The second kappa shape index (κ2) is 5.21. The van der Waals surface area contributed by atoms with Crippen molar-refractivity contribution in [2.75, 3.05) is 17.6 Å². The molecule has 0 radical (unpaired) electrons. The van der Waals surface area contributed by atoms with Gasteiger partial charge in [0.05, 0.1) is 18.4 Å². The van der Waals surface area contributed by atoms with Gasteiger partial charge in [-0.2, -0.15) is 0 Å². The number of rotatable bonds is 5. The molecule has 1 aliphatic carbocycles. The van der Waals surface area contributed by atoms with Gasteiger partial charge in [0.15, 0.2) is 0 Å². The van der Waals surface area contributed by atoms with Crippen molar-refractivity contribution in [3.8, 4) is 0 Å². The van der Waals surface area contributed by atoms with E-state index in [4.69, 9.17) is 0 Å². The van der Waals surface area contributed by atoms with Gasteiger partial charge in [-0.05, 0) is 30.5 Å².